The van der Waals surface area contributed by atoms with Crippen LogP contribution in [-0.2, 0) is 23.9 Å². The Bertz CT molecular complexity index is 501. The Hall–Kier alpha value is -1.69. The van der Waals surface area contributed by atoms with Crippen molar-refractivity contribution in [2.45, 2.75) is 45.1 Å². The van der Waals surface area contributed by atoms with Crippen LogP contribution in [0.15, 0.2) is 12.2 Å². The molecule has 2 aliphatic rings. The predicted molar refractivity (Wildman–Crippen MR) is 83.7 cm³/mol. The molecule has 1 amide bonds. The molecule has 0 bridgehead atoms. The summed E-state index contributed by atoms with van der Waals surface area (Å²) >= 11 is 0. The van der Waals surface area contributed by atoms with Crippen LogP contribution < -0.4 is 0 Å². The van der Waals surface area contributed by atoms with Crippen LogP contribution in [0.5, 0.6) is 0 Å². The molecule has 1 fully saturated rings. The Balaban J connectivity index is 2.15. The zero-order valence-electron chi connectivity index (χ0n) is 13.9. The van der Waals surface area contributed by atoms with Gasteiger partial charge in [-0.2, -0.15) is 0 Å². The smallest absolute Gasteiger partial charge is 0.302 e. The van der Waals surface area contributed by atoms with Gasteiger partial charge in [0.2, 0.25) is 5.91 Å². The first-order valence-corrected chi connectivity index (χ1v) is 8.14. The maximum Gasteiger partial charge on any atom is 0.302 e. The van der Waals surface area contributed by atoms with Gasteiger partial charge in [0.15, 0.2) is 5.78 Å². The first kappa shape index (κ1) is 17.7. The van der Waals surface area contributed by atoms with Crippen molar-refractivity contribution in [3.05, 3.63) is 12.2 Å². The summed E-state index contributed by atoms with van der Waals surface area (Å²) in [6.07, 6.45) is 6.34. The van der Waals surface area contributed by atoms with E-state index in [9.17, 15) is 14.4 Å². The lowest BCUT2D eigenvalue weighted by atomic mass is 9.75. The van der Waals surface area contributed by atoms with E-state index in [-0.39, 0.29) is 30.3 Å². The molecule has 0 radical (unpaired) electrons. The van der Waals surface area contributed by atoms with Crippen LogP contribution in [-0.4, -0.2) is 55.5 Å². The second-order valence-corrected chi connectivity index (χ2v) is 6.30. The molecule has 0 aromatic rings. The zero-order chi connectivity index (χ0) is 16.9. The van der Waals surface area contributed by atoms with Crippen molar-refractivity contribution in [1.29, 1.82) is 0 Å². The van der Waals surface area contributed by atoms with E-state index < -0.39 is 5.41 Å². The highest BCUT2D eigenvalue weighted by Gasteiger charge is 2.43. The van der Waals surface area contributed by atoms with Gasteiger partial charge in [-0.1, -0.05) is 6.08 Å². The van der Waals surface area contributed by atoms with Gasteiger partial charge < -0.3 is 14.4 Å². The minimum absolute atomic E-state index is 0.0213. The average Bonchev–Trinajstić information content (AvgIpc) is 2.97. The zero-order valence-corrected chi connectivity index (χ0v) is 13.9. The molecule has 2 rings (SSSR count). The van der Waals surface area contributed by atoms with Crippen molar-refractivity contribution in [3.8, 4) is 0 Å². The van der Waals surface area contributed by atoms with Crippen LogP contribution in [0.4, 0.5) is 0 Å². The fraction of sp³-hybridized carbons (Fsp3) is 0.706. The van der Waals surface area contributed by atoms with Gasteiger partial charge in [0, 0.05) is 27.0 Å². The van der Waals surface area contributed by atoms with E-state index in [1.807, 2.05) is 4.90 Å². The summed E-state index contributed by atoms with van der Waals surface area (Å²) in [6, 6.07) is 0.0872. The Morgan fingerprint density at radius 1 is 1.43 bits per heavy atom. The third-order valence-electron chi connectivity index (χ3n) is 4.68. The van der Waals surface area contributed by atoms with E-state index in [4.69, 9.17) is 9.47 Å². The molecular formula is C17H25NO5. The number of nitrogens with zero attached hydrogens (tertiary/aromatic N) is 1. The van der Waals surface area contributed by atoms with Crippen molar-refractivity contribution in [2.24, 2.45) is 5.41 Å². The first-order valence-electron chi connectivity index (χ1n) is 8.14. The predicted octanol–water partition coefficient (Wildman–Crippen LogP) is 1.48. The Morgan fingerprint density at radius 3 is 2.83 bits per heavy atom. The number of ketones is 1. The number of rotatable bonds is 6. The average molecular weight is 323 g/mol. The monoisotopic (exact) mass is 323 g/mol. The minimum atomic E-state index is -0.750. The highest BCUT2D eigenvalue weighted by molar-refractivity contribution is 5.95. The molecule has 0 unspecified atom stereocenters. The van der Waals surface area contributed by atoms with E-state index in [0.717, 1.165) is 12.8 Å². The van der Waals surface area contributed by atoms with Crippen molar-refractivity contribution >= 4 is 17.7 Å². The van der Waals surface area contributed by atoms with Gasteiger partial charge in [-0.3, -0.25) is 14.4 Å². The third kappa shape index (κ3) is 4.19. The van der Waals surface area contributed by atoms with Crippen LogP contribution in [0.1, 0.15) is 39.0 Å². The van der Waals surface area contributed by atoms with Crippen LogP contribution in [0.3, 0.4) is 0 Å². The topological polar surface area (TPSA) is 72.9 Å². The lowest BCUT2D eigenvalue weighted by molar-refractivity contribution is -0.147. The van der Waals surface area contributed by atoms with E-state index in [0.29, 0.717) is 32.4 Å². The summed E-state index contributed by atoms with van der Waals surface area (Å²) in [6.45, 7) is 2.77. The second kappa shape index (κ2) is 7.73. The SMILES string of the molecule is COC[C@@H]1CCCN1C(=O)[C@]1(CCOC(C)=O)C=CC(=O)CC1. The second-order valence-electron chi connectivity index (χ2n) is 6.30. The number of likely N-dealkylation sites (tertiary alicyclic amines) is 1. The van der Waals surface area contributed by atoms with Gasteiger partial charge in [0.1, 0.15) is 0 Å². The van der Waals surface area contributed by atoms with E-state index in [2.05, 4.69) is 0 Å². The van der Waals surface area contributed by atoms with Crippen molar-refractivity contribution in [3.63, 3.8) is 0 Å². The Morgan fingerprint density at radius 2 is 2.22 bits per heavy atom. The molecule has 0 aromatic carbocycles. The van der Waals surface area contributed by atoms with Gasteiger partial charge in [-0.15, -0.1) is 0 Å². The lowest BCUT2D eigenvalue weighted by Crippen LogP contribution is -2.48. The number of hydrogen-bond acceptors (Lipinski definition) is 5. The fourth-order valence-electron chi connectivity index (χ4n) is 3.39. The number of methoxy groups -OCH3 is 1. The molecule has 6 nitrogen and oxygen atoms in total. The Labute approximate surface area is 136 Å². The fourth-order valence-corrected chi connectivity index (χ4v) is 3.39. The summed E-state index contributed by atoms with van der Waals surface area (Å²) in [7, 11) is 1.64. The standard InChI is InChI=1S/C17H25NO5/c1-13(19)23-11-9-17(7-5-15(20)6-8-17)16(21)18-10-3-4-14(18)12-22-2/h5,7,14H,3-4,6,8-12H2,1-2H3/t14-,17+/m0/s1. The maximum atomic E-state index is 13.2. The molecule has 1 aliphatic heterocycles. The van der Waals surface area contributed by atoms with E-state index in [1.165, 1.54) is 13.0 Å². The molecule has 0 saturated carbocycles. The molecule has 1 saturated heterocycles. The number of carbonyl (C=O) groups excluding carboxylic acids is 3. The number of hydrogen-bond donors (Lipinski definition) is 0. The molecule has 0 spiro atoms. The van der Waals surface area contributed by atoms with Crippen molar-refractivity contribution in [2.75, 3.05) is 26.9 Å². The number of allylic oxidation sites excluding steroid dienone is 1. The van der Waals surface area contributed by atoms with Crippen LogP contribution >= 0.6 is 0 Å². The summed E-state index contributed by atoms with van der Waals surface area (Å²) in [5.74, 6) is -0.300. The largest absolute Gasteiger partial charge is 0.466 e. The molecule has 23 heavy (non-hydrogen) atoms. The van der Waals surface area contributed by atoms with Gasteiger partial charge in [0.25, 0.3) is 0 Å². The van der Waals surface area contributed by atoms with Crippen LogP contribution in [0.25, 0.3) is 0 Å². The van der Waals surface area contributed by atoms with Gasteiger partial charge in [-0.05, 0) is 31.8 Å². The van der Waals surface area contributed by atoms with E-state index >= 15 is 0 Å². The lowest BCUT2D eigenvalue weighted by Gasteiger charge is -2.37. The number of amides is 1. The molecule has 1 heterocycles. The molecule has 0 N–H and O–H groups in total. The molecular weight excluding hydrogens is 298 g/mol. The van der Waals surface area contributed by atoms with Crippen LogP contribution in [0.2, 0.25) is 0 Å². The van der Waals surface area contributed by atoms with Gasteiger partial charge >= 0.3 is 5.97 Å². The molecule has 2 atom stereocenters. The highest BCUT2D eigenvalue weighted by atomic mass is 16.5. The quantitative estimate of drug-likeness (QED) is 0.692. The summed E-state index contributed by atoms with van der Waals surface area (Å²) in [5.41, 5.74) is -0.750. The maximum absolute atomic E-state index is 13.2. The van der Waals surface area contributed by atoms with Crippen LogP contribution in [0, 0.1) is 5.41 Å². The highest BCUT2D eigenvalue weighted by Crippen LogP contribution is 2.37. The summed E-state index contributed by atoms with van der Waals surface area (Å²) < 4.78 is 10.3. The third-order valence-corrected chi connectivity index (χ3v) is 4.68. The molecule has 0 aromatic heterocycles. The number of ether oxygens (including phenoxy) is 2. The summed E-state index contributed by atoms with van der Waals surface area (Å²) in [4.78, 5) is 37.6. The van der Waals surface area contributed by atoms with Crippen molar-refractivity contribution < 1.29 is 23.9 Å². The van der Waals surface area contributed by atoms with Gasteiger partial charge in [-0.25, -0.2) is 0 Å². The summed E-state index contributed by atoms with van der Waals surface area (Å²) in [5, 5.41) is 0. The first-order chi connectivity index (χ1) is 11.0. The van der Waals surface area contributed by atoms with Gasteiger partial charge in [0.05, 0.1) is 24.7 Å². The molecule has 6 heteroatoms. The normalized spacial score (nSPS) is 27.3. The van der Waals surface area contributed by atoms with E-state index in [1.54, 1.807) is 13.2 Å². The number of esters is 1. The molecule has 1 aliphatic carbocycles. The Kier molecular flexibility index (Phi) is 5.93. The minimum Gasteiger partial charge on any atom is -0.466 e. The van der Waals surface area contributed by atoms with Crippen molar-refractivity contribution in [1.82, 2.24) is 4.90 Å². The number of carbonyl (C=O) groups is 3. The molecule has 128 valence electrons.